The van der Waals surface area contributed by atoms with Gasteiger partial charge in [0, 0.05) is 64.2 Å². The van der Waals surface area contributed by atoms with Gasteiger partial charge in [0.1, 0.15) is 6.54 Å². The average molecular weight is 412 g/mol. The molecule has 0 radical (unpaired) electrons. The number of hydrogen-bond acceptors (Lipinski definition) is 6. The Morgan fingerprint density at radius 1 is 1.10 bits per heavy atom. The van der Waals surface area contributed by atoms with Gasteiger partial charge in [0.25, 0.3) is 0 Å². The molecule has 1 aromatic carbocycles. The Labute approximate surface area is 176 Å². The van der Waals surface area contributed by atoms with Crippen molar-refractivity contribution in [2.24, 2.45) is 0 Å². The van der Waals surface area contributed by atoms with Crippen molar-refractivity contribution in [1.82, 2.24) is 24.5 Å². The van der Waals surface area contributed by atoms with Crippen LogP contribution < -0.4 is 9.47 Å². The zero-order chi connectivity index (χ0) is 20.3. The van der Waals surface area contributed by atoms with E-state index in [4.69, 9.17) is 9.47 Å². The summed E-state index contributed by atoms with van der Waals surface area (Å²) in [5.74, 6) is 1.87. The molecule has 1 atom stereocenters. The van der Waals surface area contributed by atoms with Crippen molar-refractivity contribution in [2.45, 2.75) is 32.0 Å². The number of carbonyl (C=O) groups is 1. The van der Waals surface area contributed by atoms with Crippen LogP contribution in [0.5, 0.6) is 11.5 Å². The highest BCUT2D eigenvalue weighted by atomic mass is 16.7. The molecule has 8 heteroatoms. The van der Waals surface area contributed by atoms with Crippen molar-refractivity contribution in [3.8, 4) is 11.5 Å². The van der Waals surface area contributed by atoms with E-state index in [9.17, 15) is 4.79 Å². The van der Waals surface area contributed by atoms with Crippen molar-refractivity contribution < 1.29 is 14.3 Å². The SMILES string of the molecule is O=C(Cn1cccn1)N1CCC[C@@H](N2CCN(Cc3ccc4c(c3)OCO4)CC2)C1. The standard InChI is InChI=1S/C22H29N5O3/c28-22(16-27-8-2-6-23-27)26-7-1-3-19(15-26)25-11-9-24(10-12-25)14-18-4-5-20-21(13-18)30-17-29-20/h2,4-6,8,13,19H,1,3,7,9-12,14-17H2/t19-/m1/s1. The first-order valence-electron chi connectivity index (χ1n) is 10.8. The Morgan fingerprint density at radius 3 is 2.80 bits per heavy atom. The van der Waals surface area contributed by atoms with Crippen LogP contribution in [0.1, 0.15) is 18.4 Å². The molecule has 2 fully saturated rings. The number of nitrogens with zero attached hydrogens (tertiary/aromatic N) is 5. The molecule has 0 spiro atoms. The molecular formula is C22H29N5O3. The van der Waals surface area contributed by atoms with E-state index in [1.165, 1.54) is 12.0 Å². The third-order valence-electron chi connectivity index (χ3n) is 6.37. The van der Waals surface area contributed by atoms with Gasteiger partial charge in [0.05, 0.1) is 0 Å². The van der Waals surface area contributed by atoms with Crippen molar-refractivity contribution in [3.05, 3.63) is 42.2 Å². The second-order valence-corrected chi connectivity index (χ2v) is 8.34. The predicted octanol–water partition coefficient (Wildman–Crippen LogP) is 1.42. The molecule has 0 saturated carbocycles. The zero-order valence-corrected chi connectivity index (χ0v) is 17.3. The van der Waals surface area contributed by atoms with Crippen molar-refractivity contribution in [1.29, 1.82) is 0 Å². The molecule has 1 amide bonds. The molecule has 0 aliphatic carbocycles. The van der Waals surface area contributed by atoms with Gasteiger partial charge >= 0.3 is 0 Å². The lowest BCUT2D eigenvalue weighted by Crippen LogP contribution is -2.55. The van der Waals surface area contributed by atoms with Crippen LogP contribution in [0.4, 0.5) is 0 Å². The average Bonchev–Trinajstić information content (AvgIpc) is 3.46. The number of ether oxygens (including phenoxy) is 2. The summed E-state index contributed by atoms with van der Waals surface area (Å²) in [7, 11) is 0. The molecule has 8 nitrogen and oxygen atoms in total. The Hall–Kier alpha value is -2.58. The van der Waals surface area contributed by atoms with Gasteiger partial charge in [-0.1, -0.05) is 6.07 Å². The fourth-order valence-corrected chi connectivity index (χ4v) is 4.70. The minimum Gasteiger partial charge on any atom is -0.454 e. The van der Waals surface area contributed by atoms with Gasteiger partial charge in [-0.05, 0) is 36.6 Å². The van der Waals surface area contributed by atoms with E-state index < -0.39 is 0 Å². The number of benzene rings is 1. The molecule has 3 aliphatic heterocycles. The number of rotatable bonds is 5. The first-order valence-corrected chi connectivity index (χ1v) is 10.8. The molecule has 0 unspecified atom stereocenters. The predicted molar refractivity (Wildman–Crippen MR) is 111 cm³/mol. The lowest BCUT2D eigenvalue weighted by atomic mass is 10.0. The highest BCUT2D eigenvalue weighted by Gasteiger charge is 2.30. The normalized spacial score (nSPS) is 22.4. The fourth-order valence-electron chi connectivity index (χ4n) is 4.70. The Balaban J connectivity index is 1.11. The Bertz CT molecular complexity index is 864. The lowest BCUT2D eigenvalue weighted by Gasteiger charge is -2.43. The van der Waals surface area contributed by atoms with Crippen LogP contribution in [0.3, 0.4) is 0 Å². The van der Waals surface area contributed by atoms with E-state index in [-0.39, 0.29) is 5.91 Å². The Morgan fingerprint density at radius 2 is 1.97 bits per heavy atom. The maximum Gasteiger partial charge on any atom is 0.244 e. The number of amides is 1. The number of hydrogen-bond donors (Lipinski definition) is 0. The number of aromatic nitrogens is 2. The smallest absolute Gasteiger partial charge is 0.244 e. The number of likely N-dealkylation sites (tertiary alicyclic amines) is 1. The highest BCUT2D eigenvalue weighted by molar-refractivity contribution is 5.76. The first-order chi connectivity index (χ1) is 14.7. The number of carbonyl (C=O) groups excluding carboxylic acids is 1. The Kier molecular flexibility index (Phi) is 5.59. The van der Waals surface area contributed by atoms with Crippen LogP contribution >= 0.6 is 0 Å². The maximum atomic E-state index is 12.6. The molecule has 4 heterocycles. The summed E-state index contributed by atoms with van der Waals surface area (Å²) in [6, 6.07) is 8.55. The van der Waals surface area contributed by atoms with E-state index >= 15 is 0 Å². The topological polar surface area (TPSA) is 63.1 Å². The summed E-state index contributed by atoms with van der Waals surface area (Å²) in [6.07, 6.45) is 5.81. The molecule has 3 aliphatic rings. The van der Waals surface area contributed by atoms with E-state index in [1.54, 1.807) is 10.9 Å². The summed E-state index contributed by atoms with van der Waals surface area (Å²) < 4.78 is 12.6. The van der Waals surface area contributed by atoms with Crippen LogP contribution in [-0.4, -0.2) is 82.5 Å². The molecule has 1 aromatic heterocycles. The molecule has 2 saturated heterocycles. The van der Waals surface area contributed by atoms with Gasteiger partial charge in [-0.15, -0.1) is 0 Å². The van der Waals surface area contributed by atoms with Gasteiger partial charge in [0.15, 0.2) is 11.5 Å². The van der Waals surface area contributed by atoms with Crippen LogP contribution in [0.25, 0.3) is 0 Å². The highest BCUT2D eigenvalue weighted by Crippen LogP contribution is 2.33. The largest absolute Gasteiger partial charge is 0.454 e. The number of fused-ring (bicyclic) bond motifs is 1. The van der Waals surface area contributed by atoms with Gasteiger partial charge in [-0.25, -0.2) is 0 Å². The third-order valence-corrected chi connectivity index (χ3v) is 6.37. The first kappa shape index (κ1) is 19.4. The molecule has 160 valence electrons. The molecule has 0 N–H and O–H groups in total. The summed E-state index contributed by atoms with van der Waals surface area (Å²) >= 11 is 0. The van der Waals surface area contributed by atoms with Crippen LogP contribution in [0, 0.1) is 0 Å². The number of piperidine rings is 1. The van der Waals surface area contributed by atoms with E-state index in [2.05, 4.69) is 27.0 Å². The van der Waals surface area contributed by atoms with E-state index in [0.29, 0.717) is 19.4 Å². The summed E-state index contributed by atoms with van der Waals surface area (Å²) in [4.78, 5) is 19.7. The van der Waals surface area contributed by atoms with Crippen molar-refractivity contribution in [3.63, 3.8) is 0 Å². The van der Waals surface area contributed by atoms with Gasteiger partial charge in [-0.2, -0.15) is 5.10 Å². The molecule has 30 heavy (non-hydrogen) atoms. The second kappa shape index (κ2) is 8.65. The van der Waals surface area contributed by atoms with Crippen LogP contribution in [-0.2, 0) is 17.9 Å². The van der Waals surface area contributed by atoms with Gasteiger partial charge < -0.3 is 14.4 Å². The van der Waals surface area contributed by atoms with Crippen LogP contribution in [0.2, 0.25) is 0 Å². The fraction of sp³-hybridized carbons (Fsp3) is 0.545. The molecule has 2 aromatic rings. The van der Waals surface area contributed by atoms with Crippen molar-refractivity contribution >= 4 is 5.91 Å². The summed E-state index contributed by atoms with van der Waals surface area (Å²) in [5.41, 5.74) is 1.26. The zero-order valence-electron chi connectivity index (χ0n) is 17.3. The van der Waals surface area contributed by atoms with Gasteiger partial charge in [0.2, 0.25) is 12.7 Å². The molecule has 5 rings (SSSR count). The quantitative estimate of drug-likeness (QED) is 0.742. The maximum absolute atomic E-state index is 12.6. The molecule has 0 bridgehead atoms. The summed E-state index contributed by atoms with van der Waals surface area (Å²) in [5, 5.41) is 4.16. The van der Waals surface area contributed by atoms with Crippen molar-refractivity contribution in [2.75, 3.05) is 46.1 Å². The monoisotopic (exact) mass is 411 g/mol. The second-order valence-electron chi connectivity index (χ2n) is 8.34. The lowest BCUT2D eigenvalue weighted by molar-refractivity contribution is -0.134. The van der Waals surface area contributed by atoms with E-state index in [1.807, 2.05) is 23.2 Å². The summed E-state index contributed by atoms with van der Waals surface area (Å²) in [6.45, 7) is 7.49. The van der Waals surface area contributed by atoms with Gasteiger partial charge in [-0.3, -0.25) is 19.3 Å². The third kappa shape index (κ3) is 4.29. The minimum atomic E-state index is 0.171. The van der Waals surface area contributed by atoms with Crippen LogP contribution in [0.15, 0.2) is 36.7 Å². The van der Waals surface area contributed by atoms with E-state index in [0.717, 1.165) is 63.7 Å². The molecular weight excluding hydrogens is 382 g/mol. The minimum absolute atomic E-state index is 0.171. The number of piperazine rings is 1.